The number of nitrogens with zero attached hydrogens (tertiary/aromatic N) is 1. The Morgan fingerprint density at radius 2 is 2.04 bits per heavy atom. The molecule has 2 heterocycles. The molecule has 138 valence electrons. The Balaban J connectivity index is 1.33. The lowest BCUT2D eigenvalue weighted by atomic mass is 9.82. The van der Waals surface area contributed by atoms with Gasteiger partial charge in [0.25, 0.3) is 0 Å². The Labute approximate surface area is 149 Å². The molecule has 2 fully saturated rings. The highest BCUT2D eigenvalue weighted by Crippen LogP contribution is 2.35. The Hall–Kier alpha value is -1.43. The summed E-state index contributed by atoms with van der Waals surface area (Å²) in [4.78, 5) is 14.3. The zero-order chi connectivity index (χ0) is 17.5. The van der Waals surface area contributed by atoms with Crippen LogP contribution in [0.1, 0.15) is 44.1 Å². The molecule has 0 unspecified atom stereocenters. The van der Waals surface area contributed by atoms with Crippen LogP contribution in [0.25, 0.3) is 0 Å². The van der Waals surface area contributed by atoms with Crippen molar-refractivity contribution in [3.63, 3.8) is 0 Å². The summed E-state index contributed by atoms with van der Waals surface area (Å²) < 4.78 is 11.5. The van der Waals surface area contributed by atoms with E-state index in [-0.39, 0.29) is 12.0 Å². The average molecular weight is 347 g/mol. The molecule has 0 bridgehead atoms. The first-order valence-electron chi connectivity index (χ1n) is 9.41. The fraction of sp³-hybridized carbons (Fsp3) is 0.650. The molecule has 2 saturated heterocycles. The Bertz CT molecular complexity index is 540. The first kappa shape index (κ1) is 18.4. The maximum atomic E-state index is 12.4. The topological polar surface area (TPSA) is 59.0 Å². The van der Waals surface area contributed by atoms with Crippen molar-refractivity contribution in [3.8, 4) is 0 Å². The van der Waals surface area contributed by atoms with Crippen LogP contribution in [0.2, 0.25) is 0 Å². The summed E-state index contributed by atoms with van der Waals surface area (Å²) >= 11 is 0. The molecule has 0 radical (unpaired) electrons. The molecular formula is C20H29NO4. The third-order valence-electron chi connectivity index (χ3n) is 5.37. The van der Waals surface area contributed by atoms with Gasteiger partial charge < -0.3 is 19.5 Å². The number of carbonyl (C=O) groups excluding carboxylic acids is 1. The van der Waals surface area contributed by atoms with Gasteiger partial charge in [0.2, 0.25) is 5.91 Å². The second-order valence-corrected chi connectivity index (χ2v) is 7.09. The summed E-state index contributed by atoms with van der Waals surface area (Å²) in [5.41, 5.74) is 0.745. The molecule has 1 N–H and O–H groups in total. The predicted molar refractivity (Wildman–Crippen MR) is 95.1 cm³/mol. The second-order valence-electron chi connectivity index (χ2n) is 7.09. The van der Waals surface area contributed by atoms with Gasteiger partial charge in [0.1, 0.15) is 0 Å². The molecule has 5 heteroatoms. The number of carbonyl (C=O) groups is 1. The quantitative estimate of drug-likeness (QED) is 0.804. The highest BCUT2D eigenvalue weighted by Gasteiger charge is 2.44. The summed E-state index contributed by atoms with van der Waals surface area (Å²) in [5.74, 6) is 0.184. The number of hydrogen-bond donors (Lipinski definition) is 1. The smallest absolute Gasteiger partial charge is 0.222 e. The zero-order valence-corrected chi connectivity index (χ0v) is 14.9. The Kier molecular flexibility index (Phi) is 6.45. The van der Waals surface area contributed by atoms with E-state index in [1.807, 2.05) is 35.2 Å². The molecular weight excluding hydrogens is 318 g/mol. The van der Waals surface area contributed by atoms with Crippen LogP contribution in [0.4, 0.5) is 0 Å². The molecule has 5 nitrogen and oxygen atoms in total. The van der Waals surface area contributed by atoms with Gasteiger partial charge in [-0.15, -0.1) is 0 Å². The highest BCUT2D eigenvalue weighted by atomic mass is 16.5. The molecule has 25 heavy (non-hydrogen) atoms. The van der Waals surface area contributed by atoms with E-state index in [0.29, 0.717) is 32.7 Å². The average Bonchev–Trinajstić information content (AvgIpc) is 2.65. The number of rotatable bonds is 6. The molecule has 2 aliphatic rings. The van der Waals surface area contributed by atoms with E-state index in [1.165, 1.54) is 0 Å². The molecule has 3 rings (SSSR count). The fourth-order valence-electron chi connectivity index (χ4n) is 3.77. The van der Waals surface area contributed by atoms with Crippen LogP contribution in [0.3, 0.4) is 0 Å². The first-order valence-corrected chi connectivity index (χ1v) is 9.41. The van der Waals surface area contributed by atoms with Crippen molar-refractivity contribution in [2.45, 2.75) is 56.8 Å². The number of aliphatic hydroxyl groups is 1. The van der Waals surface area contributed by atoms with E-state index in [0.717, 1.165) is 44.3 Å². The standard InChI is InChI=1S/C20H29NO4/c22-18-8-4-15-25-20(18)10-12-21(13-11-20)19(23)9-5-14-24-16-17-6-2-1-3-7-17/h1-3,6-7,18,22H,4-5,8-16H2/t18-/m1/s1. The van der Waals surface area contributed by atoms with Crippen LogP contribution < -0.4 is 0 Å². The Morgan fingerprint density at radius 1 is 1.28 bits per heavy atom. The van der Waals surface area contributed by atoms with Crippen LogP contribution in [-0.2, 0) is 20.9 Å². The second kappa shape index (κ2) is 8.79. The number of benzene rings is 1. The summed E-state index contributed by atoms with van der Waals surface area (Å²) in [5, 5.41) is 10.3. The lowest BCUT2D eigenvalue weighted by Crippen LogP contribution is -2.56. The minimum absolute atomic E-state index is 0.184. The maximum absolute atomic E-state index is 12.4. The van der Waals surface area contributed by atoms with Gasteiger partial charge >= 0.3 is 0 Å². The number of ether oxygens (including phenoxy) is 2. The SMILES string of the molecule is O=C(CCCOCc1ccccc1)N1CCC2(CC1)OCCC[C@H]2O. The van der Waals surface area contributed by atoms with E-state index < -0.39 is 5.60 Å². The molecule has 1 aromatic carbocycles. The molecule has 1 aromatic rings. The molecule has 0 aliphatic carbocycles. The van der Waals surface area contributed by atoms with Crippen molar-refractivity contribution in [3.05, 3.63) is 35.9 Å². The minimum Gasteiger partial charge on any atom is -0.390 e. The fourth-order valence-corrected chi connectivity index (χ4v) is 3.77. The van der Waals surface area contributed by atoms with Crippen LogP contribution in [0.5, 0.6) is 0 Å². The van der Waals surface area contributed by atoms with Gasteiger partial charge in [-0.2, -0.15) is 0 Å². The third-order valence-corrected chi connectivity index (χ3v) is 5.37. The summed E-state index contributed by atoms with van der Waals surface area (Å²) in [7, 11) is 0. The number of hydrogen-bond acceptors (Lipinski definition) is 4. The van der Waals surface area contributed by atoms with Crippen molar-refractivity contribution < 1.29 is 19.4 Å². The van der Waals surface area contributed by atoms with Gasteiger partial charge in [-0.1, -0.05) is 30.3 Å². The largest absolute Gasteiger partial charge is 0.390 e. The first-order chi connectivity index (χ1) is 12.2. The van der Waals surface area contributed by atoms with Gasteiger partial charge in [0, 0.05) is 32.7 Å². The van der Waals surface area contributed by atoms with Crippen molar-refractivity contribution in [2.24, 2.45) is 0 Å². The van der Waals surface area contributed by atoms with Crippen molar-refractivity contribution in [1.82, 2.24) is 4.90 Å². The van der Waals surface area contributed by atoms with Crippen LogP contribution in [0.15, 0.2) is 30.3 Å². The predicted octanol–water partition coefficient (Wildman–Crippen LogP) is 2.52. The van der Waals surface area contributed by atoms with E-state index in [2.05, 4.69) is 0 Å². The maximum Gasteiger partial charge on any atom is 0.222 e. The minimum atomic E-state index is -0.409. The number of likely N-dealkylation sites (tertiary alicyclic amines) is 1. The normalized spacial score (nSPS) is 22.9. The van der Waals surface area contributed by atoms with Crippen molar-refractivity contribution >= 4 is 5.91 Å². The highest BCUT2D eigenvalue weighted by molar-refractivity contribution is 5.76. The van der Waals surface area contributed by atoms with Crippen molar-refractivity contribution in [1.29, 1.82) is 0 Å². The summed E-state index contributed by atoms with van der Waals surface area (Å²) in [6.45, 7) is 3.28. The monoisotopic (exact) mass is 347 g/mol. The van der Waals surface area contributed by atoms with Crippen LogP contribution in [-0.4, -0.2) is 53.9 Å². The number of piperidine rings is 1. The van der Waals surface area contributed by atoms with E-state index >= 15 is 0 Å². The van der Waals surface area contributed by atoms with Gasteiger partial charge in [-0.25, -0.2) is 0 Å². The van der Waals surface area contributed by atoms with Gasteiger partial charge in [-0.3, -0.25) is 4.79 Å². The van der Waals surface area contributed by atoms with Crippen molar-refractivity contribution in [2.75, 3.05) is 26.3 Å². The molecule has 1 atom stereocenters. The Morgan fingerprint density at radius 3 is 2.76 bits per heavy atom. The van der Waals surface area contributed by atoms with Gasteiger partial charge in [0.05, 0.1) is 18.3 Å². The van der Waals surface area contributed by atoms with E-state index in [9.17, 15) is 9.90 Å². The molecule has 1 spiro atoms. The lowest BCUT2D eigenvalue weighted by molar-refractivity contribution is -0.179. The molecule has 1 amide bonds. The third kappa shape index (κ3) is 4.81. The van der Waals surface area contributed by atoms with Gasteiger partial charge in [-0.05, 0) is 37.7 Å². The summed E-state index contributed by atoms with van der Waals surface area (Å²) in [6, 6.07) is 10.1. The molecule has 0 saturated carbocycles. The lowest BCUT2D eigenvalue weighted by Gasteiger charge is -2.46. The van der Waals surface area contributed by atoms with E-state index in [1.54, 1.807) is 0 Å². The van der Waals surface area contributed by atoms with Crippen LogP contribution in [0, 0.1) is 0 Å². The number of aliphatic hydroxyl groups excluding tert-OH is 1. The zero-order valence-electron chi connectivity index (χ0n) is 14.9. The van der Waals surface area contributed by atoms with E-state index in [4.69, 9.17) is 9.47 Å². The molecule has 2 aliphatic heterocycles. The van der Waals surface area contributed by atoms with Gasteiger partial charge in [0.15, 0.2) is 0 Å². The molecule has 0 aromatic heterocycles. The van der Waals surface area contributed by atoms with Crippen LogP contribution >= 0.6 is 0 Å². The number of amides is 1. The summed E-state index contributed by atoms with van der Waals surface area (Å²) in [6.07, 6.45) is 4.10.